The van der Waals surface area contributed by atoms with Gasteiger partial charge in [-0.3, -0.25) is 24.0 Å². The fourth-order valence-corrected chi connectivity index (χ4v) is 8.48. The van der Waals surface area contributed by atoms with Crippen molar-refractivity contribution in [3.8, 4) is 0 Å². The lowest BCUT2D eigenvalue weighted by molar-refractivity contribution is -0.220. The van der Waals surface area contributed by atoms with E-state index in [1.165, 1.54) is 18.2 Å². The van der Waals surface area contributed by atoms with Gasteiger partial charge in [0.05, 0.1) is 18.9 Å². The number of Topliss-reactive ketones (excluding diaryl/α,β-unsaturated/α-hetero) is 1. The zero-order chi connectivity index (χ0) is 30.8. The van der Waals surface area contributed by atoms with Gasteiger partial charge >= 0.3 is 11.9 Å². The summed E-state index contributed by atoms with van der Waals surface area (Å²) in [4.78, 5) is 77.7. The van der Waals surface area contributed by atoms with Gasteiger partial charge in [0.25, 0.3) is 11.8 Å². The van der Waals surface area contributed by atoms with E-state index >= 15 is 4.39 Å². The largest absolute Gasteiger partial charge is 0.458 e. The van der Waals surface area contributed by atoms with Crippen LogP contribution in [0.2, 0.25) is 0 Å². The van der Waals surface area contributed by atoms with Crippen molar-refractivity contribution in [2.45, 2.75) is 89.5 Å². The van der Waals surface area contributed by atoms with E-state index in [4.69, 9.17) is 9.57 Å². The molecule has 0 aromatic heterocycles. The Kier molecular flexibility index (Phi) is 7.33. The van der Waals surface area contributed by atoms with Crippen molar-refractivity contribution in [2.75, 3.05) is 6.61 Å². The number of hydrogen-bond acceptors (Lipinski definition) is 10. The molecular weight excluding hydrogens is 553 g/mol. The lowest BCUT2D eigenvalue weighted by Gasteiger charge is -2.62. The molecule has 5 aliphatic rings. The standard InChI is InChI=1S/C30H36FNO10/c1-16-12-20-19-5-4-17-13-18(33)10-11-27(17,2)29(19,31)21(34)14-28(20,3)30(16,40)22(35)15-41-25(38)8-9-26(39)42-32-23(36)6-7-24(32)37/h10-11,13,16,19-21,34,40H,4-9,12,14-15H2,1-3H3/t16-,19+,20+,21+,27+,28+,29+,30+/m1/s1. The fraction of sp³-hybridized carbons (Fsp3) is 0.667. The van der Waals surface area contributed by atoms with Crippen molar-refractivity contribution in [3.05, 3.63) is 23.8 Å². The normalized spacial score (nSPS) is 40.7. The van der Waals surface area contributed by atoms with Crippen molar-refractivity contribution >= 4 is 35.3 Å². The molecule has 0 radical (unpaired) electrons. The predicted molar refractivity (Wildman–Crippen MR) is 140 cm³/mol. The number of alkyl halides is 1. The summed E-state index contributed by atoms with van der Waals surface area (Å²) in [5.41, 5.74) is -5.93. The summed E-state index contributed by atoms with van der Waals surface area (Å²) < 4.78 is 22.3. The first-order chi connectivity index (χ1) is 19.6. The SMILES string of the molecule is C[C@@H]1C[C@H]2[C@@H]3CCC4=CC(=O)C=C[C@]4(C)[C@@]3(F)[C@@H](O)C[C@]2(C)[C@@]1(O)C(=O)COC(=O)CCC(=O)ON1C(=O)CCC1=O. The molecule has 2 N–H and O–H groups in total. The molecule has 1 aliphatic heterocycles. The third-order valence-corrected chi connectivity index (χ3v) is 10.7. The van der Waals surface area contributed by atoms with E-state index in [1.54, 1.807) is 20.8 Å². The van der Waals surface area contributed by atoms with E-state index in [0.29, 0.717) is 29.9 Å². The third kappa shape index (κ3) is 4.20. The van der Waals surface area contributed by atoms with Gasteiger partial charge in [-0.05, 0) is 56.6 Å². The number of nitrogens with zero attached hydrogens (tertiary/aromatic N) is 1. The first-order valence-corrected chi connectivity index (χ1v) is 14.4. The minimum Gasteiger partial charge on any atom is -0.458 e. The molecule has 8 atom stereocenters. The summed E-state index contributed by atoms with van der Waals surface area (Å²) in [6.07, 6.45) is 2.50. The molecule has 1 heterocycles. The molecule has 12 heteroatoms. The molecule has 0 unspecified atom stereocenters. The molecule has 0 spiro atoms. The van der Waals surface area contributed by atoms with Gasteiger partial charge in [-0.1, -0.05) is 25.5 Å². The number of ether oxygens (including phenoxy) is 1. The van der Waals surface area contributed by atoms with E-state index < -0.39 is 94.9 Å². The number of aliphatic hydroxyl groups excluding tert-OH is 1. The zero-order valence-electron chi connectivity index (χ0n) is 23.9. The van der Waals surface area contributed by atoms with Crippen LogP contribution < -0.4 is 0 Å². The van der Waals surface area contributed by atoms with Crippen molar-refractivity contribution < 1.29 is 52.9 Å². The number of amides is 2. The number of rotatable bonds is 7. The maximum atomic E-state index is 17.3. The van der Waals surface area contributed by atoms with E-state index in [1.807, 2.05) is 0 Å². The Labute approximate surface area is 242 Å². The number of hydroxylamine groups is 2. The number of imide groups is 1. The van der Waals surface area contributed by atoms with Crippen LogP contribution in [0.3, 0.4) is 0 Å². The van der Waals surface area contributed by atoms with Crippen LogP contribution in [0.5, 0.6) is 0 Å². The molecular formula is C30H36FNO10. The van der Waals surface area contributed by atoms with Crippen LogP contribution in [0.15, 0.2) is 23.8 Å². The number of halogens is 1. The number of fused-ring (bicyclic) bond motifs is 5. The zero-order valence-corrected chi connectivity index (χ0v) is 23.9. The first-order valence-electron chi connectivity index (χ1n) is 14.4. The maximum absolute atomic E-state index is 17.3. The van der Waals surface area contributed by atoms with Crippen molar-refractivity contribution in [1.29, 1.82) is 0 Å². The predicted octanol–water partition coefficient (Wildman–Crippen LogP) is 1.83. The van der Waals surface area contributed by atoms with E-state index in [0.717, 1.165) is 0 Å². The van der Waals surface area contributed by atoms with Crippen LogP contribution in [0.25, 0.3) is 0 Å². The Morgan fingerprint density at radius 3 is 2.36 bits per heavy atom. The quantitative estimate of drug-likeness (QED) is 0.331. The summed E-state index contributed by atoms with van der Waals surface area (Å²) >= 11 is 0. The van der Waals surface area contributed by atoms with Gasteiger partial charge in [0.15, 0.2) is 18.1 Å². The van der Waals surface area contributed by atoms with Crippen LogP contribution in [-0.4, -0.2) is 74.6 Å². The van der Waals surface area contributed by atoms with Gasteiger partial charge in [0, 0.05) is 29.6 Å². The Hall–Kier alpha value is -3.25. The molecule has 11 nitrogen and oxygen atoms in total. The number of hydrogen-bond donors (Lipinski definition) is 2. The molecule has 0 aromatic carbocycles. The van der Waals surface area contributed by atoms with Gasteiger partial charge in [-0.2, -0.15) is 0 Å². The van der Waals surface area contributed by atoms with Gasteiger partial charge in [-0.15, -0.1) is 5.06 Å². The van der Waals surface area contributed by atoms with E-state index in [2.05, 4.69) is 0 Å². The lowest BCUT2D eigenvalue weighted by Crippen LogP contribution is -2.69. The fourth-order valence-electron chi connectivity index (χ4n) is 8.48. The minimum absolute atomic E-state index is 0.0725. The van der Waals surface area contributed by atoms with E-state index in [9.17, 15) is 39.0 Å². The molecule has 4 aliphatic carbocycles. The second kappa shape index (κ2) is 10.2. The number of esters is 1. The molecule has 2 amide bonds. The number of carbonyl (C=O) groups is 6. The number of carbonyl (C=O) groups excluding carboxylic acids is 6. The van der Waals surface area contributed by atoms with Crippen molar-refractivity contribution in [3.63, 3.8) is 0 Å². The van der Waals surface area contributed by atoms with Gasteiger partial charge in [0.1, 0.15) is 5.60 Å². The van der Waals surface area contributed by atoms with Gasteiger partial charge in [-0.25, -0.2) is 9.18 Å². The average molecular weight is 590 g/mol. The van der Waals surface area contributed by atoms with Gasteiger partial charge in [0.2, 0.25) is 5.78 Å². The molecule has 3 saturated carbocycles. The Morgan fingerprint density at radius 1 is 1.05 bits per heavy atom. The number of allylic oxidation sites excluding steroid dienone is 4. The van der Waals surface area contributed by atoms with Crippen molar-refractivity contribution in [2.24, 2.45) is 28.6 Å². The molecule has 228 valence electrons. The topological polar surface area (TPSA) is 165 Å². The summed E-state index contributed by atoms with van der Waals surface area (Å²) in [5, 5.41) is 23.7. The molecule has 42 heavy (non-hydrogen) atoms. The monoisotopic (exact) mass is 589 g/mol. The highest BCUT2D eigenvalue weighted by molar-refractivity contribution is 6.02. The van der Waals surface area contributed by atoms with Gasteiger partial charge < -0.3 is 19.8 Å². The van der Waals surface area contributed by atoms with Crippen LogP contribution in [-0.2, 0) is 38.3 Å². The highest BCUT2D eigenvalue weighted by Crippen LogP contribution is 2.70. The third-order valence-electron chi connectivity index (χ3n) is 10.7. The second-order valence-electron chi connectivity index (χ2n) is 12.8. The minimum atomic E-state index is -2.11. The number of aliphatic hydroxyl groups is 2. The summed E-state index contributed by atoms with van der Waals surface area (Å²) in [7, 11) is 0. The molecule has 4 fully saturated rings. The van der Waals surface area contributed by atoms with Crippen LogP contribution in [0.4, 0.5) is 4.39 Å². The summed E-state index contributed by atoms with van der Waals surface area (Å²) in [6, 6.07) is 0. The van der Waals surface area contributed by atoms with Crippen LogP contribution in [0, 0.1) is 28.6 Å². The molecule has 5 rings (SSSR count). The Morgan fingerprint density at radius 2 is 1.69 bits per heavy atom. The number of ketones is 2. The Bertz CT molecular complexity index is 1310. The van der Waals surface area contributed by atoms with Crippen molar-refractivity contribution in [1.82, 2.24) is 5.06 Å². The molecule has 1 saturated heterocycles. The van der Waals surface area contributed by atoms with E-state index in [-0.39, 0.29) is 25.0 Å². The maximum Gasteiger partial charge on any atom is 0.333 e. The Balaban J connectivity index is 1.26. The van der Waals surface area contributed by atoms with Crippen LogP contribution >= 0.6 is 0 Å². The second-order valence-corrected chi connectivity index (χ2v) is 12.8. The summed E-state index contributed by atoms with van der Waals surface area (Å²) in [6.45, 7) is 4.25. The average Bonchev–Trinajstić information content (AvgIpc) is 3.35. The molecule has 0 bridgehead atoms. The first kappa shape index (κ1) is 30.2. The molecule has 0 aromatic rings. The summed E-state index contributed by atoms with van der Waals surface area (Å²) in [5.74, 6) is -6.05. The highest BCUT2D eigenvalue weighted by Gasteiger charge is 2.75. The lowest BCUT2D eigenvalue weighted by atomic mass is 9.44. The smallest absolute Gasteiger partial charge is 0.333 e. The highest BCUT2D eigenvalue weighted by atomic mass is 19.1. The van der Waals surface area contributed by atoms with Crippen LogP contribution in [0.1, 0.15) is 72.1 Å².